The smallest absolute Gasteiger partial charge is 0.160 e. The van der Waals surface area contributed by atoms with Gasteiger partial charge in [-0.05, 0) is 64.0 Å². The maximum atomic E-state index is 5.09. The van der Waals surface area contributed by atoms with Gasteiger partial charge in [0.15, 0.2) is 5.82 Å². The molecular weight excluding hydrogens is 651 g/mol. The fourth-order valence-electron chi connectivity index (χ4n) is 7.91. The molecular formula is C48H29N3S. The summed E-state index contributed by atoms with van der Waals surface area (Å²) < 4.78 is 5.10. The van der Waals surface area contributed by atoms with Gasteiger partial charge < -0.3 is 4.57 Å². The zero-order chi connectivity index (χ0) is 34.2. The summed E-state index contributed by atoms with van der Waals surface area (Å²) in [5.41, 5.74) is 8.43. The van der Waals surface area contributed by atoms with Gasteiger partial charge in [-0.1, -0.05) is 133 Å². The van der Waals surface area contributed by atoms with Crippen LogP contribution in [-0.2, 0) is 0 Å². The number of nitrogens with zero attached hydrogens (tertiary/aromatic N) is 3. The van der Waals surface area contributed by atoms with Crippen LogP contribution in [0.5, 0.6) is 0 Å². The van der Waals surface area contributed by atoms with Crippen molar-refractivity contribution in [2.24, 2.45) is 0 Å². The first-order valence-electron chi connectivity index (χ1n) is 17.6. The van der Waals surface area contributed by atoms with Crippen LogP contribution >= 0.6 is 11.3 Å². The summed E-state index contributed by atoms with van der Waals surface area (Å²) in [6, 6.07) is 63.0. The Bertz CT molecular complexity index is 3100. The van der Waals surface area contributed by atoms with E-state index in [1.54, 1.807) is 0 Å². The highest BCUT2D eigenvalue weighted by atomic mass is 32.1. The van der Waals surface area contributed by atoms with Gasteiger partial charge in [0.25, 0.3) is 0 Å². The van der Waals surface area contributed by atoms with Crippen molar-refractivity contribution < 1.29 is 0 Å². The Morgan fingerprint density at radius 1 is 0.404 bits per heavy atom. The molecule has 0 radical (unpaired) electrons. The van der Waals surface area contributed by atoms with Crippen LogP contribution in [0.4, 0.5) is 0 Å². The Balaban J connectivity index is 1.14. The first-order chi connectivity index (χ1) is 25.8. The minimum Gasteiger partial charge on any atom is -0.309 e. The Morgan fingerprint density at radius 2 is 1.04 bits per heavy atom. The Morgan fingerprint density at radius 3 is 1.79 bits per heavy atom. The largest absolute Gasteiger partial charge is 0.309 e. The molecule has 0 aliphatic carbocycles. The van der Waals surface area contributed by atoms with Gasteiger partial charge in [-0.15, -0.1) is 11.3 Å². The van der Waals surface area contributed by atoms with E-state index in [9.17, 15) is 0 Å². The summed E-state index contributed by atoms with van der Waals surface area (Å²) >= 11 is 1.90. The molecule has 0 spiro atoms. The Kier molecular flexibility index (Phi) is 6.42. The summed E-state index contributed by atoms with van der Waals surface area (Å²) in [5, 5.41) is 10.3. The highest BCUT2D eigenvalue weighted by Crippen LogP contribution is 2.46. The van der Waals surface area contributed by atoms with Gasteiger partial charge in [-0.2, -0.15) is 0 Å². The van der Waals surface area contributed by atoms with Crippen LogP contribution in [0.3, 0.4) is 0 Å². The molecule has 4 heteroatoms. The highest BCUT2D eigenvalue weighted by molar-refractivity contribution is 7.27. The normalized spacial score (nSPS) is 11.8. The number of thiophene rings is 1. The standard InChI is InChI=1S/C48H29N3S/c1-3-12-31(13-4-1)40-29-41(50-48(49-40)33-14-5-2-6-15-33)32-19-22-36(23-20-32)51-42-25-26-44-46(38-24-21-30-11-9-10-18-37(30)47(38)52-44)45(42)39-27-34-16-7-8-17-35(34)28-43(39)51/h1-29H. The second kappa shape index (κ2) is 11.5. The maximum Gasteiger partial charge on any atom is 0.160 e. The molecule has 0 amide bonds. The van der Waals surface area contributed by atoms with Crippen molar-refractivity contribution in [3.63, 3.8) is 0 Å². The second-order valence-electron chi connectivity index (χ2n) is 13.4. The van der Waals surface area contributed by atoms with Crippen molar-refractivity contribution in [3.05, 3.63) is 176 Å². The van der Waals surface area contributed by atoms with Crippen LogP contribution in [0.1, 0.15) is 0 Å². The minimum absolute atomic E-state index is 0.718. The third-order valence-electron chi connectivity index (χ3n) is 10.4. The van der Waals surface area contributed by atoms with Crippen molar-refractivity contribution in [3.8, 4) is 39.6 Å². The number of hydrogen-bond acceptors (Lipinski definition) is 3. The number of rotatable bonds is 4. The maximum absolute atomic E-state index is 5.09. The number of fused-ring (bicyclic) bond motifs is 10. The van der Waals surface area contributed by atoms with Gasteiger partial charge in [0.1, 0.15) is 0 Å². The van der Waals surface area contributed by atoms with E-state index in [2.05, 4.69) is 156 Å². The van der Waals surface area contributed by atoms with E-state index in [1.807, 2.05) is 35.6 Å². The first kappa shape index (κ1) is 29.1. The zero-order valence-electron chi connectivity index (χ0n) is 28.0. The Hall–Kier alpha value is -6.62. The van der Waals surface area contributed by atoms with Crippen molar-refractivity contribution in [1.82, 2.24) is 14.5 Å². The van der Waals surface area contributed by atoms with E-state index >= 15 is 0 Å². The van der Waals surface area contributed by atoms with Crippen molar-refractivity contribution >= 4 is 74.9 Å². The van der Waals surface area contributed by atoms with Crippen molar-refractivity contribution in [2.45, 2.75) is 0 Å². The van der Waals surface area contributed by atoms with Gasteiger partial charge in [0.05, 0.1) is 22.4 Å². The molecule has 0 unspecified atom stereocenters. The van der Waals surface area contributed by atoms with E-state index in [0.29, 0.717) is 0 Å². The molecule has 3 nitrogen and oxygen atoms in total. The molecule has 0 N–H and O–H groups in total. The van der Waals surface area contributed by atoms with Gasteiger partial charge in [-0.3, -0.25) is 0 Å². The molecule has 3 heterocycles. The lowest BCUT2D eigenvalue weighted by molar-refractivity contribution is 1.17. The second-order valence-corrected chi connectivity index (χ2v) is 14.4. The molecule has 0 saturated carbocycles. The van der Waals surface area contributed by atoms with E-state index in [-0.39, 0.29) is 0 Å². The monoisotopic (exact) mass is 679 g/mol. The molecule has 0 aliphatic rings. The molecule has 0 aliphatic heterocycles. The fourth-order valence-corrected chi connectivity index (χ4v) is 9.16. The van der Waals surface area contributed by atoms with Crippen LogP contribution in [0.15, 0.2) is 176 Å². The van der Waals surface area contributed by atoms with E-state index in [4.69, 9.17) is 9.97 Å². The van der Waals surface area contributed by atoms with E-state index in [0.717, 1.165) is 39.6 Å². The molecule has 0 atom stereocenters. The average Bonchev–Trinajstić information content (AvgIpc) is 3.76. The third kappa shape index (κ3) is 4.51. The molecule has 0 fully saturated rings. The van der Waals surface area contributed by atoms with Crippen molar-refractivity contribution in [2.75, 3.05) is 0 Å². The molecule has 11 rings (SSSR count). The third-order valence-corrected chi connectivity index (χ3v) is 11.6. The highest BCUT2D eigenvalue weighted by Gasteiger charge is 2.20. The van der Waals surface area contributed by atoms with Crippen LogP contribution in [-0.4, -0.2) is 14.5 Å². The molecule has 242 valence electrons. The predicted octanol–water partition coefficient (Wildman–Crippen LogP) is 13.2. The van der Waals surface area contributed by atoms with Gasteiger partial charge in [0, 0.05) is 53.3 Å². The average molecular weight is 680 g/mol. The van der Waals surface area contributed by atoms with Crippen LogP contribution in [0.25, 0.3) is 103 Å². The lowest BCUT2D eigenvalue weighted by Crippen LogP contribution is -1.97. The van der Waals surface area contributed by atoms with E-state index in [1.165, 1.54) is 63.5 Å². The van der Waals surface area contributed by atoms with Gasteiger partial charge >= 0.3 is 0 Å². The fraction of sp³-hybridized carbons (Fsp3) is 0. The molecule has 11 aromatic rings. The van der Waals surface area contributed by atoms with Crippen LogP contribution < -0.4 is 0 Å². The Labute approximate surface area is 303 Å². The summed E-state index contributed by atoms with van der Waals surface area (Å²) in [7, 11) is 0. The summed E-state index contributed by atoms with van der Waals surface area (Å²) in [4.78, 5) is 10.1. The molecule has 0 bridgehead atoms. The topological polar surface area (TPSA) is 30.7 Å². The SMILES string of the molecule is c1ccc(-c2cc(-c3ccc(-n4c5cc6ccccc6cc5c5c6c(ccc54)sc4c5ccccc5ccc46)cc3)nc(-c3ccccc3)n2)cc1. The first-order valence-corrected chi connectivity index (χ1v) is 18.4. The van der Waals surface area contributed by atoms with Crippen LogP contribution in [0.2, 0.25) is 0 Å². The van der Waals surface area contributed by atoms with Crippen LogP contribution in [0, 0.1) is 0 Å². The van der Waals surface area contributed by atoms with Gasteiger partial charge in [0.2, 0.25) is 0 Å². The van der Waals surface area contributed by atoms with E-state index < -0.39 is 0 Å². The lowest BCUT2D eigenvalue weighted by Gasteiger charge is -2.12. The molecule has 3 aromatic heterocycles. The summed E-state index contributed by atoms with van der Waals surface area (Å²) in [6.07, 6.45) is 0. The van der Waals surface area contributed by atoms with Crippen molar-refractivity contribution in [1.29, 1.82) is 0 Å². The number of benzene rings is 8. The molecule has 52 heavy (non-hydrogen) atoms. The molecule has 0 saturated heterocycles. The minimum atomic E-state index is 0.718. The molecule has 8 aromatic carbocycles. The summed E-state index contributed by atoms with van der Waals surface area (Å²) in [5.74, 6) is 0.718. The summed E-state index contributed by atoms with van der Waals surface area (Å²) in [6.45, 7) is 0. The number of hydrogen-bond donors (Lipinski definition) is 0. The number of aromatic nitrogens is 3. The van der Waals surface area contributed by atoms with Gasteiger partial charge in [-0.25, -0.2) is 9.97 Å². The zero-order valence-corrected chi connectivity index (χ0v) is 28.8. The predicted molar refractivity (Wildman–Crippen MR) is 221 cm³/mol. The lowest BCUT2D eigenvalue weighted by atomic mass is 10.0. The quantitative estimate of drug-likeness (QED) is 0.185.